The van der Waals surface area contributed by atoms with Crippen LogP contribution in [0.5, 0.6) is 11.5 Å². The first-order valence-corrected chi connectivity index (χ1v) is 9.12. The molecule has 3 N–H and O–H groups in total. The van der Waals surface area contributed by atoms with Crippen LogP contribution in [0.15, 0.2) is 30.6 Å². The number of benzene rings is 1. The van der Waals surface area contributed by atoms with E-state index < -0.39 is 17.8 Å². The number of aromatic nitrogens is 2. The SMILES string of the molecule is Cn1cc(OCC(=O)NC[C@@H](O)CCNC(=O)COc2ccc(Cl)c(F)c2)cn1. The number of ether oxygens (including phenoxy) is 2. The second kappa shape index (κ2) is 11.2. The van der Waals surface area contributed by atoms with Crippen molar-refractivity contribution in [2.24, 2.45) is 7.05 Å². The van der Waals surface area contributed by atoms with Crippen molar-refractivity contribution in [1.29, 1.82) is 0 Å². The Labute approximate surface area is 171 Å². The van der Waals surface area contributed by atoms with E-state index >= 15 is 0 Å². The highest BCUT2D eigenvalue weighted by molar-refractivity contribution is 6.30. The third-order valence-corrected chi connectivity index (χ3v) is 3.95. The molecule has 0 bridgehead atoms. The summed E-state index contributed by atoms with van der Waals surface area (Å²) in [5, 5.41) is 18.8. The van der Waals surface area contributed by atoms with Crippen LogP contribution >= 0.6 is 11.6 Å². The number of amides is 2. The number of aliphatic hydroxyl groups excluding tert-OH is 1. The molecule has 9 nitrogen and oxygen atoms in total. The van der Waals surface area contributed by atoms with E-state index in [2.05, 4.69) is 15.7 Å². The van der Waals surface area contributed by atoms with E-state index in [1.807, 2.05) is 0 Å². The van der Waals surface area contributed by atoms with Gasteiger partial charge in [0.1, 0.15) is 11.6 Å². The Kier molecular flexibility index (Phi) is 8.68. The fourth-order valence-corrected chi connectivity index (χ4v) is 2.27. The molecule has 0 aliphatic carbocycles. The number of carbonyl (C=O) groups excluding carboxylic acids is 2. The van der Waals surface area contributed by atoms with Gasteiger partial charge in [-0.15, -0.1) is 0 Å². The summed E-state index contributed by atoms with van der Waals surface area (Å²) in [5.41, 5.74) is 0. The molecular formula is C18H22ClFN4O5. The van der Waals surface area contributed by atoms with Crippen molar-refractivity contribution in [3.63, 3.8) is 0 Å². The fourth-order valence-electron chi connectivity index (χ4n) is 2.15. The first-order chi connectivity index (χ1) is 13.8. The Morgan fingerprint density at radius 1 is 1.24 bits per heavy atom. The normalized spacial score (nSPS) is 11.6. The maximum Gasteiger partial charge on any atom is 0.258 e. The summed E-state index contributed by atoms with van der Waals surface area (Å²) in [7, 11) is 1.73. The minimum absolute atomic E-state index is 0.0195. The molecule has 2 amide bonds. The molecule has 0 aliphatic heterocycles. The average molecular weight is 429 g/mol. The van der Waals surface area contributed by atoms with Gasteiger partial charge in [-0.3, -0.25) is 14.3 Å². The lowest BCUT2D eigenvalue weighted by atomic mass is 10.2. The number of hydrogen-bond donors (Lipinski definition) is 3. The Hall–Kier alpha value is -2.85. The van der Waals surface area contributed by atoms with Crippen LogP contribution in [0.25, 0.3) is 0 Å². The summed E-state index contributed by atoms with van der Waals surface area (Å²) in [6.45, 7) is -0.302. The first-order valence-electron chi connectivity index (χ1n) is 8.74. The van der Waals surface area contributed by atoms with Crippen LogP contribution in [0.1, 0.15) is 6.42 Å². The first kappa shape index (κ1) is 22.4. The average Bonchev–Trinajstić information content (AvgIpc) is 3.11. The van der Waals surface area contributed by atoms with Crippen molar-refractivity contribution in [1.82, 2.24) is 20.4 Å². The van der Waals surface area contributed by atoms with Crippen molar-refractivity contribution >= 4 is 23.4 Å². The Bertz CT molecular complexity index is 832. The molecule has 2 rings (SSSR count). The molecular weight excluding hydrogens is 407 g/mol. The van der Waals surface area contributed by atoms with Crippen LogP contribution in [0, 0.1) is 5.82 Å². The van der Waals surface area contributed by atoms with E-state index in [0.29, 0.717) is 5.75 Å². The summed E-state index contributed by atoms with van der Waals surface area (Å²) >= 11 is 5.56. The van der Waals surface area contributed by atoms with Gasteiger partial charge in [-0.1, -0.05) is 11.6 Å². The zero-order valence-corrected chi connectivity index (χ0v) is 16.5. The minimum Gasteiger partial charge on any atom is -0.484 e. The molecule has 1 heterocycles. The predicted octanol–water partition coefficient (Wildman–Crippen LogP) is 0.654. The molecule has 11 heteroatoms. The summed E-state index contributed by atoms with van der Waals surface area (Å²) in [6, 6.07) is 3.86. The zero-order valence-electron chi connectivity index (χ0n) is 15.7. The molecule has 1 aromatic heterocycles. The molecule has 1 aromatic carbocycles. The van der Waals surface area contributed by atoms with Crippen molar-refractivity contribution in [3.05, 3.63) is 41.4 Å². The van der Waals surface area contributed by atoms with Gasteiger partial charge in [0.2, 0.25) is 0 Å². The molecule has 0 saturated heterocycles. The zero-order chi connectivity index (χ0) is 21.2. The van der Waals surface area contributed by atoms with Crippen molar-refractivity contribution in [2.75, 3.05) is 26.3 Å². The second-order valence-electron chi connectivity index (χ2n) is 6.10. The van der Waals surface area contributed by atoms with Gasteiger partial charge in [0.15, 0.2) is 19.0 Å². The highest BCUT2D eigenvalue weighted by Gasteiger charge is 2.10. The Balaban J connectivity index is 1.55. The number of nitrogens with one attached hydrogen (secondary N) is 2. The van der Waals surface area contributed by atoms with Gasteiger partial charge < -0.3 is 25.2 Å². The highest BCUT2D eigenvalue weighted by Crippen LogP contribution is 2.20. The van der Waals surface area contributed by atoms with Gasteiger partial charge in [-0.05, 0) is 18.6 Å². The largest absolute Gasteiger partial charge is 0.484 e. The number of nitrogens with zero attached hydrogens (tertiary/aromatic N) is 2. The molecule has 29 heavy (non-hydrogen) atoms. The number of aryl methyl sites for hydroxylation is 1. The van der Waals surface area contributed by atoms with E-state index in [0.717, 1.165) is 6.07 Å². The molecule has 2 aromatic rings. The van der Waals surface area contributed by atoms with E-state index in [1.165, 1.54) is 18.3 Å². The number of carbonyl (C=O) groups is 2. The van der Waals surface area contributed by atoms with Crippen LogP contribution in [0.3, 0.4) is 0 Å². The van der Waals surface area contributed by atoms with Crippen LogP contribution in [-0.2, 0) is 16.6 Å². The van der Waals surface area contributed by atoms with Crippen LogP contribution in [-0.4, -0.2) is 59.1 Å². The minimum atomic E-state index is -0.844. The summed E-state index contributed by atoms with van der Waals surface area (Å²) < 4.78 is 25.2. The van der Waals surface area contributed by atoms with Gasteiger partial charge in [0.25, 0.3) is 11.8 Å². The second-order valence-corrected chi connectivity index (χ2v) is 6.51. The van der Waals surface area contributed by atoms with Crippen molar-refractivity contribution < 1.29 is 28.6 Å². The summed E-state index contributed by atoms with van der Waals surface area (Å²) in [4.78, 5) is 23.4. The van der Waals surface area contributed by atoms with E-state index in [9.17, 15) is 19.1 Å². The maximum atomic E-state index is 13.3. The lowest BCUT2D eigenvalue weighted by molar-refractivity contribution is -0.124. The Morgan fingerprint density at radius 2 is 1.93 bits per heavy atom. The molecule has 0 spiro atoms. The number of halogens is 2. The third-order valence-electron chi connectivity index (χ3n) is 3.65. The third kappa shape index (κ3) is 8.36. The topological polar surface area (TPSA) is 115 Å². The van der Waals surface area contributed by atoms with E-state index in [-0.39, 0.29) is 49.4 Å². The number of rotatable bonds is 11. The van der Waals surface area contributed by atoms with Crippen LogP contribution in [0.4, 0.5) is 4.39 Å². The number of hydrogen-bond acceptors (Lipinski definition) is 6. The van der Waals surface area contributed by atoms with Gasteiger partial charge in [0.05, 0.1) is 23.5 Å². The summed E-state index contributed by atoms with van der Waals surface area (Å²) in [6.07, 6.45) is 2.49. The van der Waals surface area contributed by atoms with Gasteiger partial charge >= 0.3 is 0 Å². The monoisotopic (exact) mass is 428 g/mol. The lowest BCUT2D eigenvalue weighted by Crippen LogP contribution is -2.37. The molecule has 0 fully saturated rings. The molecule has 158 valence electrons. The van der Waals surface area contributed by atoms with E-state index in [1.54, 1.807) is 17.9 Å². The van der Waals surface area contributed by atoms with Crippen LogP contribution < -0.4 is 20.1 Å². The quantitative estimate of drug-likeness (QED) is 0.484. The molecule has 0 aliphatic rings. The predicted molar refractivity (Wildman–Crippen MR) is 102 cm³/mol. The van der Waals surface area contributed by atoms with Gasteiger partial charge in [-0.2, -0.15) is 5.10 Å². The highest BCUT2D eigenvalue weighted by atomic mass is 35.5. The summed E-state index contributed by atoms with van der Waals surface area (Å²) in [5.74, 6) is -0.810. The molecule has 0 radical (unpaired) electrons. The fraction of sp³-hybridized carbons (Fsp3) is 0.389. The molecule has 0 saturated carbocycles. The molecule has 0 unspecified atom stereocenters. The van der Waals surface area contributed by atoms with Gasteiger partial charge in [-0.25, -0.2) is 4.39 Å². The lowest BCUT2D eigenvalue weighted by Gasteiger charge is -2.13. The molecule has 1 atom stereocenters. The van der Waals surface area contributed by atoms with Gasteiger partial charge in [0, 0.05) is 26.2 Å². The standard InChI is InChI=1S/C18H22ClFN4O5/c1-24-9-14(8-23-24)29-11-18(27)22-7-12(25)4-5-21-17(26)10-28-13-2-3-15(19)16(20)6-13/h2-3,6,8-9,12,25H,4-5,7,10-11H2,1H3,(H,21,26)(H,22,27)/t12-/m0/s1. The van der Waals surface area contributed by atoms with Crippen molar-refractivity contribution in [2.45, 2.75) is 12.5 Å². The van der Waals surface area contributed by atoms with Crippen molar-refractivity contribution in [3.8, 4) is 11.5 Å². The smallest absolute Gasteiger partial charge is 0.258 e. The maximum absolute atomic E-state index is 13.3. The number of aliphatic hydroxyl groups is 1. The van der Waals surface area contributed by atoms with E-state index in [4.69, 9.17) is 21.1 Å². The van der Waals surface area contributed by atoms with Crippen LogP contribution in [0.2, 0.25) is 5.02 Å². The Morgan fingerprint density at radius 3 is 2.59 bits per heavy atom.